The van der Waals surface area contributed by atoms with Crippen molar-refractivity contribution in [3.63, 3.8) is 0 Å². The second kappa shape index (κ2) is 3.01. The van der Waals surface area contributed by atoms with Gasteiger partial charge in [0.05, 0.1) is 0 Å². The summed E-state index contributed by atoms with van der Waals surface area (Å²) in [4.78, 5) is 0. The molecule has 1 aromatic carbocycles. The molecule has 0 fully saturated rings. The molecule has 52 valence electrons. The number of para-hydroxylation sites is 1. The van der Waals surface area contributed by atoms with Gasteiger partial charge < -0.3 is 4.74 Å². The zero-order chi connectivity index (χ0) is 7.40. The summed E-state index contributed by atoms with van der Waals surface area (Å²) < 4.78 is 16.5. The van der Waals surface area contributed by atoms with Crippen molar-refractivity contribution in [2.75, 3.05) is 0 Å². The molecule has 0 saturated heterocycles. The molecule has 0 radical (unpaired) electrons. The predicted molar refractivity (Wildman–Crippen MR) is 37.3 cm³/mol. The van der Waals surface area contributed by atoms with E-state index >= 15 is 0 Å². The van der Waals surface area contributed by atoms with Crippen LogP contribution in [0, 0.1) is 0 Å². The molecule has 10 heavy (non-hydrogen) atoms. The molecule has 1 rings (SSSR count). The third-order valence-corrected chi connectivity index (χ3v) is 0.972. The van der Waals surface area contributed by atoms with Gasteiger partial charge in [-0.05, 0) is 18.7 Å². The van der Waals surface area contributed by atoms with Crippen LogP contribution in [0.4, 0.5) is 4.39 Å². The van der Waals surface area contributed by atoms with E-state index in [1.165, 1.54) is 0 Å². The molecule has 0 amide bonds. The van der Waals surface area contributed by atoms with Crippen LogP contribution in [0.25, 0.3) is 0 Å². The summed E-state index contributed by atoms with van der Waals surface area (Å²) in [6.45, 7) is 2.96. The zero-order valence-electron chi connectivity index (χ0n) is 5.38. The first-order chi connectivity index (χ1) is 4.79. The van der Waals surface area contributed by atoms with Gasteiger partial charge in [-0.25, -0.2) is 0 Å². The Labute approximate surface area is 58.8 Å². The quantitative estimate of drug-likeness (QED) is 0.570. The maximum atomic E-state index is 12.0. The van der Waals surface area contributed by atoms with Gasteiger partial charge in [0.1, 0.15) is 5.75 Å². The zero-order valence-corrected chi connectivity index (χ0v) is 5.38. The Kier molecular flexibility index (Phi) is 2.05. The first-order valence-electron chi connectivity index (χ1n) is 2.86. The van der Waals surface area contributed by atoms with Gasteiger partial charge in [-0.2, -0.15) is 4.39 Å². The monoisotopic (exact) mass is 138 g/mol. The highest BCUT2D eigenvalue weighted by Crippen LogP contribution is 2.11. The molecule has 0 aliphatic heterocycles. The van der Waals surface area contributed by atoms with E-state index in [2.05, 4.69) is 11.3 Å². The van der Waals surface area contributed by atoms with Crippen LogP contribution < -0.4 is 4.74 Å². The molecular weight excluding hydrogens is 131 g/mol. The summed E-state index contributed by atoms with van der Waals surface area (Å²) in [5, 5.41) is 0. The van der Waals surface area contributed by atoms with Crippen LogP contribution in [0.5, 0.6) is 5.75 Å². The van der Waals surface area contributed by atoms with Crippen LogP contribution in [-0.2, 0) is 0 Å². The molecule has 0 spiro atoms. The van der Waals surface area contributed by atoms with Gasteiger partial charge in [-0.3, -0.25) is 0 Å². The van der Waals surface area contributed by atoms with Crippen LogP contribution in [-0.4, -0.2) is 0 Å². The van der Waals surface area contributed by atoms with E-state index in [4.69, 9.17) is 0 Å². The van der Waals surface area contributed by atoms with Crippen LogP contribution in [0.3, 0.4) is 0 Å². The highest BCUT2D eigenvalue weighted by molar-refractivity contribution is 5.22. The first-order valence-corrected chi connectivity index (χ1v) is 2.86. The second-order valence-corrected chi connectivity index (χ2v) is 1.77. The smallest absolute Gasteiger partial charge is 0.270 e. The standard InChI is InChI=1S/C8H7FO/c1-7(9)10-8-5-3-2-4-6-8/h2-6H,1H2. The van der Waals surface area contributed by atoms with Crippen molar-refractivity contribution in [3.8, 4) is 5.75 Å². The lowest BCUT2D eigenvalue weighted by molar-refractivity contribution is 0.305. The SMILES string of the molecule is C=C(F)Oc1ccccc1. The van der Waals surface area contributed by atoms with Gasteiger partial charge in [-0.1, -0.05) is 18.2 Å². The molecule has 0 atom stereocenters. The molecule has 2 heteroatoms. The van der Waals surface area contributed by atoms with E-state index in [-0.39, 0.29) is 0 Å². The normalized spacial score (nSPS) is 8.90. The Balaban J connectivity index is 2.67. The summed E-state index contributed by atoms with van der Waals surface area (Å²) in [6, 6.07) is 7.88. The van der Waals surface area contributed by atoms with E-state index in [0.29, 0.717) is 5.75 Å². The lowest BCUT2D eigenvalue weighted by atomic mass is 10.3. The van der Waals surface area contributed by atoms with E-state index < -0.39 is 6.01 Å². The van der Waals surface area contributed by atoms with Crippen LogP contribution in [0.1, 0.15) is 0 Å². The largest absolute Gasteiger partial charge is 0.432 e. The number of hydrogen-bond donors (Lipinski definition) is 0. The summed E-state index contributed by atoms with van der Waals surface area (Å²) >= 11 is 0. The fourth-order valence-electron chi connectivity index (χ4n) is 0.616. The minimum Gasteiger partial charge on any atom is -0.432 e. The van der Waals surface area contributed by atoms with E-state index in [0.717, 1.165) is 0 Å². The van der Waals surface area contributed by atoms with Crippen molar-refractivity contribution in [2.45, 2.75) is 0 Å². The van der Waals surface area contributed by atoms with Crippen LogP contribution in [0.15, 0.2) is 42.9 Å². The Hall–Kier alpha value is -1.31. The van der Waals surface area contributed by atoms with E-state index in [1.54, 1.807) is 24.3 Å². The van der Waals surface area contributed by atoms with Gasteiger partial charge in [0.25, 0.3) is 6.01 Å². The van der Waals surface area contributed by atoms with Gasteiger partial charge >= 0.3 is 0 Å². The van der Waals surface area contributed by atoms with Gasteiger partial charge in [0.2, 0.25) is 0 Å². The van der Waals surface area contributed by atoms with Crippen molar-refractivity contribution in [1.82, 2.24) is 0 Å². The highest BCUT2D eigenvalue weighted by atomic mass is 19.1. The molecule has 0 N–H and O–H groups in total. The number of halogens is 1. The molecule has 0 aliphatic rings. The number of benzene rings is 1. The number of hydrogen-bond acceptors (Lipinski definition) is 1. The summed E-state index contributed by atoms with van der Waals surface area (Å²) in [5.41, 5.74) is 0. The molecule has 1 aromatic rings. The Bertz CT molecular complexity index is 218. The van der Waals surface area contributed by atoms with Crippen LogP contribution >= 0.6 is 0 Å². The van der Waals surface area contributed by atoms with Crippen LogP contribution in [0.2, 0.25) is 0 Å². The minimum absolute atomic E-state index is 0.468. The van der Waals surface area contributed by atoms with Gasteiger partial charge in [0.15, 0.2) is 0 Å². The molecule has 0 aromatic heterocycles. The summed E-state index contributed by atoms with van der Waals surface area (Å²) in [6.07, 6.45) is 0. The predicted octanol–water partition coefficient (Wildman–Crippen LogP) is 2.51. The van der Waals surface area contributed by atoms with Crippen molar-refractivity contribution < 1.29 is 9.13 Å². The Morgan fingerprint density at radius 2 is 1.90 bits per heavy atom. The number of ether oxygens (including phenoxy) is 1. The second-order valence-electron chi connectivity index (χ2n) is 1.77. The molecule has 0 saturated carbocycles. The topological polar surface area (TPSA) is 9.23 Å². The van der Waals surface area contributed by atoms with Crippen molar-refractivity contribution >= 4 is 0 Å². The van der Waals surface area contributed by atoms with Crippen molar-refractivity contribution in [1.29, 1.82) is 0 Å². The Morgan fingerprint density at radius 3 is 2.40 bits per heavy atom. The van der Waals surface area contributed by atoms with E-state index in [1.807, 2.05) is 6.07 Å². The molecule has 0 aliphatic carbocycles. The maximum absolute atomic E-state index is 12.0. The number of rotatable bonds is 2. The summed E-state index contributed by atoms with van der Waals surface area (Å²) in [5.74, 6) is 0.468. The van der Waals surface area contributed by atoms with Crippen molar-refractivity contribution in [3.05, 3.63) is 42.9 Å². The third-order valence-electron chi connectivity index (χ3n) is 0.972. The molecule has 0 heterocycles. The van der Waals surface area contributed by atoms with Gasteiger partial charge in [-0.15, -0.1) is 0 Å². The lowest BCUT2D eigenvalue weighted by Gasteiger charge is -1.98. The molecule has 0 bridgehead atoms. The summed E-state index contributed by atoms with van der Waals surface area (Å²) in [7, 11) is 0. The fourth-order valence-corrected chi connectivity index (χ4v) is 0.616. The lowest BCUT2D eigenvalue weighted by Crippen LogP contribution is -1.85. The average molecular weight is 138 g/mol. The maximum Gasteiger partial charge on any atom is 0.270 e. The average Bonchev–Trinajstić information content (AvgIpc) is 1.88. The minimum atomic E-state index is -0.786. The Morgan fingerprint density at radius 1 is 1.30 bits per heavy atom. The highest BCUT2D eigenvalue weighted by Gasteiger charge is 1.91. The first kappa shape index (κ1) is 6.81. The van der Waals surface area contributed by atoms with E-state index in [9.17, 15) is 4.39 Å². The molecular formula is C8H7FO. The van der Waals surface area contributed by atoms with Crippen molar-refractivity contribution in [2.24, 2.45) is 0 Å². The molecule has 1 nitrogen and oxygen atoms in total. The fraction of sp³-hybridized carbons (Fsp3) is 0. The third kappa shape index (κ3) is 1.90. The van der Waals surface area contributed by atoms with Gasteiger partial charge in [0, 0.05) is 0 Å². The molecule has 0 unspecified atom stereocenters.